The van der Waals surface area contributed by atoms with Gasteiger partial charge in [0.05, 0.1) is 11.4 Å². The maximum Gasteiger partial charge on any atom is 0.345 e. The summed E-state index contributed by atoms with van der Waals surface area (Å²) in [5.41, 5.74) is 12.2. The van der Waals surface area contributed by atoms with E-state index in [0.717, 1.165) is 10.1 Å². The van der Waals surface area contributed by atoms with Crippen LogP contribution in [0, 0.1) is 0 Å². The van der Waals surface area contributed by atoms with E-state index in [1.54, 1.807) is 18.2 Å². The Morgan fingerprint density at radius 3 is 2.50 bits per heavy atom. The Morgan fingerprint density at radius 2 is 1.86 bits per heavy atom. The monoisotopic (exact) mass is 208 g/mol. The van der Waals surface area contributed by atoms with Crippen molar-refractivity contribution in [1.82, 2.24) is 0 Å². The Morgan fingerprint density at radius 1 is 1.21 bits per heavy atom. The maximum absolute atomic E-state index is 10.7. The Hall–Kier alpha value is -1.75. The van der Waals surface area contributed by atoms with Crippen LogP contribution in [0.2, 0.25) is 0 Å². The smallest absolute Gasteiger partial charge is 0.345 e. The predicted octanol–water partition coefficient (Wildman–Crippen LogP) is 1.76. The fraction of sp³-hybridized carbons (Fsp3) is 0. The largest absolute Gasteiger partial charge is 0.477 e. The summed E-state index contributed by atoms with van der Waals surface area (Å²) in [4.78, 5) is 11.0. The number of carbonyl (C=O) groups is 1. The average Bonchev–Trinajstić information content (AvgIpc) is 2.48. The van der Waals surface area contributed by atoms with Crippen LogP contribution in [0.5, 0.6) is 0 Å². The van der Waals surface area contributed by atoms with E-state index in [9.17, 15) is 4.79 Å². The molecule has 1 aromatic heterocycles. The van der Waals surface area contributed by atoms with Crippen molar-refractivity contribution in [3.63, 3.8) is 0 Å². The zero-order valence-electron chi connectivity index (χ0n) is 7.15. The fourth-order valence-corrected chi connectivity index (χ4v) is 2.16. The molecule has 1 aromatic carbocycles. The van der Waals surface area contributed by atoms with Gasteiger partial charge in [-0.15, -0.1) is 11.3 Å². The van der Waals surface area contributed by atoms with Gasteiger partial charge in [0, 0.05) is 4.70 Å². The molecular formula is C9H8N2O2S. The number of nitrogens with two attached hydrogens (primary N) is 2. The molecule has 4 nitrogen and oxygen atoms in total. The van der Waals surface area contributed by atoms with Crippen LogP contribution in [0.15, 0.2) is 18.2 Å². The first-order valence-electron chi connectivity index (χ1n) is 3.90. The molecule has 0 radical (unpaired) electrons. The van der Waals surface area contributed by atoms with Crippen molar-refractivity contribution < 1.29 is 9.90 Å². The number of nitrogen functional groups attached to an aromatic ring is 2. The molecule has 0 spiro atoms. The topological polar surface area (TPSA) is 89.3 Å². The lowest BCUT2D eigenvalue weighted by Crippen LogP contribution is -1.92. The second-order valence-electron chi connectivity index (χ2n) is 2.93. The third-order valence-electron chi connectivity index (χ3n) is 1.93. The fourth-order valence-electron chi connectivity index (χ4n) is 1.23. The van der Waals surface area contributed by atoms with E-state index in [0.29, 0.717) is 16.3 Å². The number of carboxylic acid groups (broad SMARTS) is 1. The Bertz CT molecular complexity index is 480. The first-order valence-corrected chi connectivity index (χ1v) is 4.71. The van der Waals surface area contributed by atoms with Gasteiger partial charge >= 0.3 is 5.97 Å². The minimum atomic E-state index is -0.927. The van der Waals surface area contributed by atoms with Crippen molar-refractivity contribution in [3.8, 4) is 0 Å². The van der Waals surface area contributed by atoms with Gasteiger partial charge in [0.2, 0.25) is 0 Å². The Balaban J connectivity index is 2.72. The number of fused-ring (bicyclic) bond motifs is 1. The molecule has 0 saturated heterocycles. The first kappa shape index (κ1) is 8.83. The maximum atomic E-state index is 10.7. The lowest BCUT2D eigenvalue weighted by atomic mass is 10.2. The SMILES string of the molecule is Nc1cc2cc(C(=O)O)sc2cc1N. The first-order chi connectivity index (χ1) is 6.58. The van der Waals surface area contributed by atoms with E-state index in [1.165, 1.54) is 11.3 Å². The van der Waals surface area contributed by atoms with E-state index in [1.807, 2.05) is 0 Å². The molecule has 0 atom stereocenters. The highest BCUT2D eigenvalue weighted by molar-refractivity contribution is 7.20. The number of benzene rings is 1. The summed E-state index contributed by atoms with van der Waals surface area (Å²) in [5.74, 6) is -0.927. The number of carboxylic acids is 1. The molecular weight excluding hydrogens is 200 g/mol. The van der Waals surface area contributed by atoms with Gasteiger partial charge in [0.15, 0.2) is 0 Å². The minimum Gasteiger partial charge on any atom is -0.477 e. The van der Waals surface area contributed by atoms with E-state index < -0.39 is 5.97 Å². The van der Waals surface area contributed by atoms with Gasteiger partial charge in [0.1, 0.15) is 4.88 Å². The third kappa shape index (κ3) is 1.27. The van der Waals surface area contributed by atoms with E-state index in [4.69, 9.17) is 16.6 Å². The highest BCUT2D eigenvalue weighted by Gasteiger charge is 2.09. The highest BCUT2D eigenvalue weighted by atomic mass is 32.1. The zero-order valence-corrected chi connectivity index (χ0v) is 7.97. The van der Waals surface area contributed by atoms with Gasteiger partial charge in [-0.25, -0.2) is 4.79 Å². The molecule has 72 valence electrons. The summed E-state index contributed by atoms with van der Waals surface area (Å²) in [6, 6.07) is 4.98. The van der Waals surface area contributed by atoms with Gasteiger partial charge < -0.3 is 16.6 Å². The van der Waals surface area contributed by atoms with Crippen molar-refractivity contribution in [2.24, 2.45) is 0 Å². The molecule has 0 bridgehead atoms. The second kappa shape index (κ2) is 2.88. The molecule has 0 aliphatic rings. The molecule has 14 heavy (non-hydrogen) atoms. The molecule has 0 amide bonds. The number of hydrogen-bond donors (Lipinski definition) is 3. The van der Waals surface area contributed by atoms with Crippen molar-refractivity contribution >= 4 is 38.8 Å². The van der Waals surface area contributed by atoms with Crippen molar-refractivity contribution in [1.29, 1.82) is 0 Å². The molecule has 1 heterocycles. The van der Waals surface area contributed by atoms with Gasteiger partial charge in [-0.1, -0.05) is 0 Å². The molecule has 0 aliphatic heterocycles. The van der Waals surface area contributed by atoms with Crippen LogP contribution < -0.4 is 11.5 Å². The third-order valence-corrected chi connectivity index (χ3v) is 3.02. The normalized spacial score (nSPS) is 10.6. The van der Waals surface area contributed by atoms with Gasteiger partial charge in [-0.2, -0.15) is 0 Å². The number of anilines is 2. The molecule has 0 saturated carbocycles. The van der Waals surface area contributed by atoms with Crippen LogP contribution in [-0.2, 0) is 0 Å². The van der Waals surface area contributed by atoms with Crippen molar-refractivity contribution in [2.45, 2.75) is 0 Å². The Kier molecular flexibility index (Phi) is 1.82. The van der Waals surface area contributed by atoms with Crippen LogP contribution in [-0.4, -0.2) is 11.1 Å². The van der Waals surface area contributed by atoms with Crippen molar-refractivity contribution in [3.05, 3.63) is 23.1 Å². The molecule has 0 aliphatic carbocycles. The molecule has 2 aromatic rings. The summed E-state index contributed by atoms with van der Waals surface area (Å²) >= 11 is 1.19. The number of hydrogen-bond acceptors (Lipinski definition) is 4. The number of thiophene rings is 1. The lowest BCUT2D eigenvalue weighted by molar-refractivity contribution is 0.0702. The lowest BCUT2D eigenvalue weighted by Gasteiger charge is -1.98. The summed E-state index contributed by atoms with van der Waals surface area (Å²) in [5, 5.41) is 9.59. The molecule has 0 unspecified atom stereocenters. The average molecular weight is 208 g/mol. The number of aromatic carboxylic acids is 1. The van der Waals surface area contributed by atoms with Crippen LogP contribution in [0.4, 0.5) is 11.4 Å². The van der Waals surface area contributed by atoms with E-state index >= 15 is 0 Å². The van der Waals surface area contributed by atoms with Crippen LogP contribution in [0.25, 0.3) is 10.1 Å². The van der Waals surface area contributed by atoms with Crippen LogP contribution in [0.1, 0.15) is 9.67 Å². The van der Waals surface area contributed by atoms with Gasteiger partial charge in [-0.3, -0.25) is 0 Å². The standard InChI is InChI=1S/C9H8N2O2S/c10-5-1-4-2-8(9(12)13)14-7(4)3-6(5)11/h1-3H,10-11H2,(H,12,13). The highest BCUT2D eigenvalue weighted by Crippen LogP contribution is 2.30. The Labute approximate surface area is 83.8 Å². The quantitative estimate of drug-likeness (QED) is 0.623. The predicted molar refractivity (Wildman–Crippen MR) is 57.6 cm³/mol. The zero-order chi connectivity index (χ0) is 10.3. The molecule has 5 heteroatoms. The summed E-state index contributed by atoms with van der Waals surface area (Å²) in [6.45, 7) is 0. The molecule has 0 fully saturated rings. The van der Waals surface area contributed by atoms with E-state index in [-0.39, 0.29) is 0 Å². The summed E-state index contributed by atoms with van der Waals surface area (Å²) in [6.07, 6.45) is 0. The van der Waals surface area contributed by atoms with Crippen molar-refractivity contribution in [2.75, 3.05) is 11.5 Å². The van der Waals surface area contributed by atoms with Gasteiger partial charge in [0.25, 0.3) is 0 Å². The minimum absolute atomic E-state index is 0.296. The molecule has 5 N–H and O–H groups in total. The van der Waals surface area contributed by atoms with Crippen LogP contribution >= 0.6 is 11.3 Å². The number of rotatable bonds is 1. The molecule has 2 rings (SSSR count). The van der Waals surface area contributed by atoms with Gasteiger partial charge in [-0.05, 0) is 23.6 Å². The summed E-state index contributed by atoms with van der Waals surface area (Å²) < 4.78 is 0.842. The summed E-state index contributed by atoms with van der Waals surface area (Å²) in [7, 11) is 0. The second-order valence-corrected chi connectivity index (χ2v) is 4.02. The van der Waals surface area contributed by atoms with Crippen LogP contribution in [0.3, 0.4) is 0 Å². The van der Waals surface area contributed by atoms with E-state index in [2.05, 4.69) is 0 Å².